The van der Waals surface area contributed by atoms with Crippen molar-refractivity contribution in [3.05, 3.63) is 0 Å². The van der Waals surface area contributed by atoms with Gasteiger partial charge in [-0.2, -0.15) is 0 Å². The summed E-state index contributed by atoms with van der Waals surface area (Å²) in [5.41, 5.74) is 0. The van der Waals surface area contributed by atoms with Crippen LogP contribution in [0.5, 0.6) is 0 Å². The molecule has 15 heavy (non-hydrogen) atoms. The summed E-state index contributed by atoms with van der Waals surface area (Å²) < 4.78 is 0. The topological polar surface area (TPSA) is 6.48 Å². The number of halogens is 1. The van der Waals surface area contributed by atoms with Crippen LogP contribution in [0.25, 0.3) is 0 Å². The largest absolute Gasteiger partial charge is 0.300 e. The molecule has 0 bridgehead atoms. The molecule has 3 heteroatoms. The van der Waals surface area contributed by atoms with Crippen LogP contribution >= 0.6 is 11.6 Å². The van der Waals surface area contributed by atoms with Crippen molar-refractivity contribution in [2.45, 2.75) is 38.1 Å². The second-order valence-electron chi connectivity index (χ2n) is 4.86. The average Bonchev–Trinajstić information content (AvgIpc) is 2.32. The molecule has 1 heterocycles. The van der Waals surface area contributed by atoms with Gasteiger partial charge in [-0.25, -0.2) is 0 Å². The van der Waals surface area contributed by atoms with Crippen LogP contribution in [0.1, 0.15) is 32.1 Å². The molecule has 1 aliphatic heterocycles. The molecule has 0 aromatic heterocycles. The summed E-state index contributed by atoms with van der Waals surface area (Å²) in [7, 11) is 0. The molecule has 0 aromatic carbocycles. The van der Waals surface area contributed by atoms with Crippen molar-refractivity contribution in [1.82, 2.24) is 9.80 Å². The lowest BCUT2D eigenvalue weighted by atomic mass is 9.94. The highest BCUT2D eigenvalue weighted by Crippen LogP contribution is 2.23. The minimum atomic E-state index is 0.781. The Bertz CT molecular complexity index is 172. The van der Waals surface area contributed by atoms with Gasteiger partial charge in [-0.1, -0.05) is 19.3 Å². The van der Waals surface area contributed by atoms with Crippen molar-refractivity contribution in [2.24, 2.45) is 0 Å². The molecule has 0 atom stereocenters. The van der Waals surface area contributed by atoms with Gasteiger partial charge in [0, 0.05) is 44.6 Å². The van der Waals surface area contributed by atoms with Crippen LogP contribution in [-0.2, 0) is 0 Å². The highest BCUT2D eigenvalue weighted by atomic mass is 35.5. The zero-order valence-electron chi connectivity index (χ0n) is 9.63. The quantitative estimate of drug-likeness (QED) is 0.686. The van der Waals surface area contributed by atoms with Gasteiger partial charge in [0.1, 0.15) is 0 Å². The molecular formula is C12H23ClN2. The Morgan fingerprint density at radius 2 is 1.60 bits per heavy atom. The van der Waals surface area contributed by atoms with E-state index in [0.717, 1.165) is 18.5 Å². The molecule has 0 aromatic rings. The molecule has 0 unspecified atom stereocenters. The number of hydrogen-bond acceptors (Lipinski definition) is 2. The summed E-state index contributed by atoms with van der Waals surface area (Å²) in [5.74, 6) is 0.781. The molecule has 88 valence electrons. The van der Waals surface area contributed by atoms with Crippen LogP contribution in [0.4, 0.5) is 0 Å². The number of nitrogens with zero attached hydrogens (tertiary/aromatic N) is 2. The zero-order valence-corrected chi connectivity index (χ0v) is 10.4. The van der Waals surface area contributed by atoms with E-state index in [-0.39, 0.29) is 0 Å². The van der Waals surface area contributed by atoms with Gasteiger partial charge in [0.2, 0.25) is 0 Å². The average molecular weight is 231 g/mol. The Hall–Kier alpha value is 0.210. The Balaban J connectivity index is 1.72. The molecule has 0 N–H and O–H groups in total. The minimum Gasteiger partial charge on any atom is -0.300 e. The van der Waals surface area contributed by atoms with Crippen molar-refractivity contribution >= 4 is 11.6 Å². The van der Waals surface area contributed by atoms with Crippen molar-refractivity contribution < 1.29 is 0 Å². The van der Waals surface area contributed by atoms with Gasteiger partial charge in [-0.05, 0) is 12.8 Å². The Labute approximate surface area is 98.6 Å². The number of piperazine rings is 1. The molecule has 1 saturated carbocycles. The van der Waals surface area contributed by atoms with E-state index in [4.69, 9.17) is 11.6 Å². The molecule has 0 radical (unpaired) electrons. The first-order valence-corrected chi connectivity index (χ1v) is 6.96. The van der Waals surface area contributed by atoms with E-state index >= 15 is 0 Å². The molecule has 2 aliphatic rings. The van der Waals surface area contributed by atoms with Gasteiger partial charge in [0.25, 0.3) is 0 Å². The fraction of sp³-hybridized carbons (Fsp3) is 1.00. The Kier molecular flexibility index (Phi) is 4.73. The summed E-state index contributed by atoms with van der Waals surface area (Å²) in [4.78, 5) is 5.20. The third kappa shape index (κ3) is 3.33. The molecule has 1 saturated heterocycles. The summed E-state index contributed by atoms with van der Waals surface area (Å²) in [6, 6.07) is 0.900. The van der Waals surface area contributed by atoms with E-state index in [0.29, 0.717) is 0 Å². The van der Waals surface area contributed by atoms with Gasteiger partial charge in [0.05, 0.1) is 0 Å². The highest BCUT2D eigenvalue weighted by Gasteiger charge is 2.24. The molecule has 2 nitrogen and oxygen atoms in total. The fourth-order valence-corrected chi connectivity index (χ4v) is 3.16. The second-order valence-corrected chi connectivity index (χ2v) is 5.24. The maximum absolute atomic E-state index is 5.76. The van der Waals surface area contributed by atoms with Crippen LogP contribution in [0.2, 0.25) is 0 Å². The van der Waals surface area contributed by atoms with Crippen LogP contribution < -0.4 is 0 Å². The van der Waals surface area contributed by atoms with Crippen molar-refractivity contribution in [1.29, 1.82) is 0 Å². The first-order chi connectivity index (χ1) is 7.40. The maximum Gasteiger partial charge on any atom is 0.0351 e. The monoisotopic (exact) mass is 230 g/mol. The Morgan fingerprint density at radius 1 is 0.933 bits per heavy atom. The van der Waals surface area contributed by atoms with Crippen LogP contribution in [0.15, 0.2) is 0 Å². The van der Waals surface area contributed by atoms with E-state index < -0.39 is 0 Å². The van der Waals surface area contributed by atoms with Gasteiger partial charge in [-0.15, -0.1) is 11.6 Å². The number of rotatable bonds is 3. The molecule has 0 spiro atoms. The van der Waals surface area contributed by atoms with Crippen molar-refractivity contribution in [3.8, 4) is 0 Å². The zero-order chi connectivity index (χ0) is 10.5. The first kappa shape index (κ1) is 11.7. The third-order valence-corrected chi connectivity index (χ3v) is 4.07. The predicted molar refractivity (Wildman–Crippen MR) is 65.6 cm³/mol. The van der Waals surface area contributed by atoms with Crippen molar-refractivity contribution in [2.75, 3.05) is 38.6 Å². The van der Waals surface area contributed by atoms with Crippen molar-refractivity contribution in [3.63, 3.8) is 0 Å². The lowest BCUT2D eigenvalue weighted by Crippen LogP contribution is -2.51. The lowest BCUT2D eigenvalue weighted by Gasteiger charge is -2.40. The highest BCUT2D eigenvalue weighted by molar-refractivity contribution is 6.18. The van der Waals surface area contributed by atoms with Crippen LogP contribution in [-0.4, -0.2) is 54.4 Å². The number of alkyl halides is 1. The molecule has 2 fully saturated rings. The molecule has 0 amide bonds. The second kappa shape index (κ2) is 6.07. The molecule has 1 aliphatic carbocycles. The van der Waals surface area contributed by atoms with Gasteiger partial charge in [0.15, 0.2) is 0 Å². The third-order valence-electron chi connectivity index (χ3n) is 3.90. The van der Waals surface area contributed by atoms with Gasteiger partial charge >= 0.3 is 0 Å². The predicted octanol–water partition coefficient (Wildman–Crippen LogP) is 2.18. The maximum atomic E-state index is 5.76. The standard InChI is InChI=1S/C12H23ClN2/c13-6-7-14-8-10-15(11-9-14)12-4-2-1-3-5-12/h12H,1-11H2. The smallest absolute Gasteiger partial charge is 0.0351 e. The summed E-state index contributed by atoms with van der Waals surface area (Å²) in [5, 5.41) is 0. The van der Waals surface area contributed by atoms with E-state index in [1.54, 1.807) is 0 Å². The van der Waals surface area contributed by atoms with Crippen LogP contribution in [0.3, 0.4) is 0 Å². The fourth-order valence-electron chi connectivity index (χ4n) is 2.92. The number of hydrogen-bond donors (Lipinski definition) is 0. The van der Waals surface area contributed by atoms with E-state index in [1.807, 2.05) is 0 Å². The van der Waals surface area contributed by atoms with E-state index in [2.05, 4.69) is 9.80 Å². The Morgan fingerprint density at radius 3 is 2.20 bits per heavy atom. The summed E-state index contributed by atoms with van der Waals surface area (Å²) in [6.45, 7) is 6.05. The molecular weight excluding hydrogens is 208 g/mol. The first-order valence-electron chi connectivity index (χ1n) is 6.42. The van der Waals surface area contributed by atoms with Crippen LogP contribution in [0, 0.1) is 0 Å². The van der Waals surface area contributed by atoms with Gasteiger partial charge in [-0.3, -0.25) is 9.80 Å². The summed E-state index contributed by atoms with van der Waals surface area (Å²) in [6.07, 6.45) is 7.24. The lowest BCUT2D eigenvalue weighted by molar-refractivity contribution is 0.0821. The molecule has 2 rings (SSSR count). The van der Waals surface area contributed by atoms with E-state index in [1.165, 1.54) is 58.3 Å². The SMILES string of the molecule is ClCCN1CCN(C2CCCCC2)CC1. The minimum absolute atomic E-state index is 0.781. The van der Waals surface area contributed by atoms with E-state index in [9.17, 15) is 0 Å². The summed E-state index contributed by atoms with van der Waals surface area (Å²) >= 11 is 5.76. The van der Waals surface area contributed by atoms with Gasteiger partial charge < -0.3 is 0 Å². The normalized spacial score (nSPS) is 27.0.